The molecule has 4 heteroatoms. The van der Waals surface area contributed by atoms with E-state index in [9.17, 15) is 9.59 Å². The standard InChI is InChI=1S/C20H22N2O2/c23-19(17-8-7-15-4-3-5-16(15)14-17)9-10-20(24)22-13-11-18-6-1-2-12-21-18/h1-2,6-8,12,14H,3-5,9-11,13H2,(H,22,24). The summed E-state index contributed by atoms with van der Waals surface area (Å²) in [5.41, 5.74) is 4.34. The van der Waals surface area contributed by atoms with Crippen LogP contribution in [0, 0.1) is 0 Å². The SMILES string of the molecule is O=C(CCC(=O)c1ccc2c(c1)CCC2)NCCc1ccccn1. The van der Waals surface area contributed by atoms with Gasteiger partial charge in [0.1, 0.15) is 0 Å². The molecule has 0 fully saturated rings. The highest BCUT2D eigenvalue weighted by atomic mass is 16.2. The molecule has 1 aromatic heterocycles. The molecule has 1 aliphatic rings. The maximum Gasteiger partial charge on any atom is 0.220 e. The lowest BCUT2D eigenvalue weighted by Gasteiger charge is -2.06. The molecule has 1 aromatic carbocycles. The molecule has 0 aliphatic heterocycles. The van der Waals surface area contributed by atoms with Crippen LogP contribution in [0.2, 0.25) is 0 Å². The van der Waals surface area contributed by atoms with Crippen LogP contribution in [-0.4, -0.2) is 23.2 Å². The number of Topliss-reactive ketones (excluding diaryl/α,β-unsaturated/α-hetero) is 1. The molecule has 0 saturated carbocycles. The number of carbonyl (C=O) groups excluding carboxylic acids is 2. The molecule has 2 aromatic rings. The molecule has 1 aliphatic carbocycles. The van der Waals surface area contributed by atoms with Gasteiger partial charge in [0.2, 0.25) is 5.91 Å². The van der Waals surface area contributed by atoms with Crippen molar-refractivity contribution in [3.8, 4) is 0 Å². The summed E-state index contributed by atoms with van der Waals surface area (Å²) in [7, 11) is 0. The van der Waals surface area contributed by atoms with Crippen LogP contribution in [-0.2, 0) is 24.1 Å². The van der Waals surface area contributed by atoms with E-state index in [2.05, 4.69) is 16.4 Å². The zero-order valence-electron chi connectivity index (χ0n) is 13.8. The van der Waals surface area contributed by atoms with Crippen molar-refractivity contribution >= 4 is 11.7 Å². The van der Waals surface area contributed by atoms with Gasteiger partial charge < -0.3 is 5.32 Å². The largest absolute Gasteiger partial charge is 0.356 e. The lowest BCUT2D eigenvalue weighted by Crippen LogP contribution is -2.26. The first-order chi connectivity index (χ1) is 11.7. The van der Waals surface area contributed by atoms with Crippen LogP contribution in [0.1, 0.15) is 46.4 Å². The summed E-state index contributed by atoms with van der Waals surface area (Å²) in [6, 6.07) is 11.7. The molecular formula is C20H22N2O2. The van der Waals surface area contributed by atoms with Crippen molar-refractivity contribution in [3.63, 3.8) is 0 Å². The molecule has 124 valence electrons. The average molecular weight is 322 g/mol. The van der Waals surface area contributed by atoms with Gasteiger partial charge >= 0.3 is 0 Å². The van der Waals surface area contributed by atoms with E-state index in [4.69, 9.17) is 0 Å². The molecule has 0 saturated heterocycles. The Morgan fingerprint density at radius 2 is 1.92 bits per heavy atom. The minimum Gasteiger partial charge on any atom is -0.356 e. The monoisotopic (exact) mass is 322 g/mol. The third-order valence-corrected chi connectivity index (χ3v) is 4.43. The van der Waals surface area contributed by atoms with Crippen molar-refractivity contribution in [1.29, 1.82) is 0 Å². The van der Waals surface area contributed by atoms with Gasteiger partial charge in [-0.2, -0.15) is 0 Å². The van der Waals surface area contributed by atoms with Crippen LogP contribution in [0.4, 0.5) is 0 Å². The van der Waals surface area contributed by atoms with E-state index in [1.165, 1.54) is 17.5 Å². The van der Waals surface area contributed by atoms with Crippen molar-refractivity contribution in [3.05, 3.63) is 65.0 Å². The van der Waals surface area contributed by atoms with Gasteiger partial charge in [0.15, 0.2) is 5.78 Å². The molecule has 3 rings (SSSR count). The summed E-state index contributed by atoms with van der Waals surface area (Å²) in [6.07, 6.45) is 6.28. The fourth-order valence-electron chi connectivity index (χ4n) is 3.08. The van der Waals surface area contributed by atoms with Crippen LogP contribution < -0.4 is 5.32 Å². The number of ketones is 1. The molecule has 4 nitrogen and oxygen atoms in total. The van der Waals surface area contributed by atoms with Gasteiger partial charge in [-0.3, -0.25) is 14.6 Å². The summed E-state index contributed by atoms with van der Waals surface area (Å²) in [6.45, 7) is 0.545. The first-order valence-corrected chi connectivity index (χ1v) is 8.54. The Labute approximate surface area is 142 Å². The van der Waals surface area contributed by atoms with E-state index < -0.39 is 0 Å². The number of carbonyl (C=O) groups is 2. The second-order valence-electron chi connectivity index (χ2n) is 6.18. The number of nitrogens with one attached hydrogen (secondary N) is 1. The van der Waals surface area contributed by atoms with Crippen molar-refractivity contribution < 1.29 is 9.59 Å². The summed E-state index contributed by atoms with van der Waals surface area (Å²) in [5, 5.41) is 2.85. The average Bonchev–Trinajstić information content (AvgIpc) is 3.08. The normalized spacial score (nSPS) is 12.7. The van der Waals surface area contributed by atoms with Gasteiger partial charge in [-0.25, -0.2) is 0 Å². The predicted molar refractivity (Wildman–Crippen MR) is 93.0 cm³/mol. The predicted octanol–water partition coefficient (Wildman–Crippen LogP) is 2.89. The maximum atomic E-state index is 12.3. The first-order valence-electron chi connectivity index (χ1n) is 8.54. The van der Waals surface area contributed by atoms with Gasteiger partial charge in [0.25, 0.3) is 0 Å². The van der Waals surface area contributed by atoms with E-state index in [0.717, 1.165) is 24.1 Å². The fraction of sp³-hybridized carbons (Fsp3) is 0.350. The second-order valence-corrected chi connectivity index (χ2v) is 6.18. The summed E-state index contributed by atoms with van der Waals surface area (Å²) in [4.78, 5) is 28.3. The summed E-state index contributed by atoms with van der Waals surface area (Å²) in [5.74, 6) is -0.0370. The number of hydrogen-bond donors (Lipinski definition) is 1. The number of rotatable bonds is 7. The third kappa shape index (κ3) is 4.28. The van der Waals surface area contributed by atoms with Crippen LogP contribution in [0.25, 0.3) is 0 Å². The number of amides is 1. The minimum absolute atomic E-state index is 0.0459. The molecule has 1 N–H and O–H groups in total. The Hall–Kier alpha value is -2.49. The summed E-state index contributed by atoms with van der Waals surface area (Å²) < 4.78 is 0. The van der Waals surface area contributed by atoms with Gasteiger partial charge in [0, 0.05) is 43.3 Å². The number of hydrogen-bond acceptors (Lipinski definition) is 3. The number of aryl methyl sites for hydroxylation is 2. The third-order valence-electron chi connectivity index (χ3n) is 4.43. The molecule has 0 spiro atoms. The maximum absolute atomic E-state index is 12.3. The zero-order chi connectivity index (χ0) is 16.8. The van der Waals surface area contributed by atoms with Crippen LogP contribution in [0.3, 0.4) is 0 Å². The Morgan fingerprint density at radius 1 is 1.04 bits per heavy atom. The van der Waals surface area contributed by atoms with E-state index in [1.54, 1.807) is 6.20 Å². The van der Waals surface area contributed by atoms with Gasteiger partial charge in [-0.15, -0.1) is 0 Å². The highest BCUT2D eigenvalue weighted by Crippen LogP contribution is 2.23. The fourth-order valence-corrected chi connectivity index (χ4v) is 3.08. The first kappa shape index (κ1) is 16.4. The highest BCUT2D eigenvalue weighted by molar-refractivity contribution is 5.98. The Balaban J connectivity index is 1.41. The second kappa shape index (κ2) is 7.86. The van der Waals surface area contributed by atoms with E-state index >= 15 is 0 Å². The molecule has 1 heterocycles. The van der Waals surface area contributed by atoms with Gasteiger partial charge in [-0.1, -0.05) is 18.2 Å². The van der Waals surface area contributed by atoms with Crippen molar-refractivity contribution in [2.45, 2.75) is 38.5 Å². The zero-order valence-corrected chi connectivity index (χ0v) is 13.8. The molecule has 0 unspecified atom stereocenters. The number of aromatic nitrogens is 1. The molecule has 24 heavy (non-hydrogen) atoms. The Bertz CT molecular complexity index is 726. The lowest BCUT2D eigenvalue weighted by molar-refractivity contribution is -0.121. The molecular weight excluding hydrogens is 300 g/mol. The van der Waals surface area contributed by atoms with E-state index in [-0.39, 0.29) is 24.5 Å². The van der Waals surface area contributed by atoms with Gasteiger partial charge in [-0.05, 0) is 48.6 Å². The van der Waals surface area contributed by atoms with Crippen molar-refractivity contribution in [2.24, 2.45) is 0 Å². The summed E-state index contributed by atoms with van der Waals surface area (Å²) >= 11 is 0. The number of fused-ring (bicyclic) bond motifs is 1. The van der Waals surface area contributed by atoms with Crippen LogP contribution in [0.5, 0.6) is 0 Å². The Morgan fingerprint density at radius 3 is 2.75 bits per heavy atom. The van der Waals surface area contributed by atoms with E-state index in [1.807, 2.05) is 30.3 Å². The number of nitrogens with zero attached hydrogens (tertiary/aromatic N) is 1. The molecule has 1 amide bonds. The molecule has 0 radical (unpaired) electrons. The number of pyridine rings is 1. The van der Waals surface area contributed by atoms with Crippen LogP contribution in [0.15, 0.2) is 42.6 Å². The molecule has 0 bridgehead atoms. The minimum atomic E-state index is -0.0829. The van der Waals surface area contributed by atoms with Gasteiger partial charge in [0.05, 0.1) is 0 Å². The van der Waals surface area contributed by atoms with E-state index in [0.29, 0.717) is 13.0 Å². The smallest absolute Gasteiger partial charge is 0.220 e. The van der Waals surface area contributed by atoms with Crippen LogP contribution >= 0.6 is 0 Å². The molecule has 0 atom stereocenters. The Kier molecular flexibility index (Phi) is 5.36. The van der Waals surface area contributed by atoms with Crippen molar-refractivity contribution in [2.75, 3.05) is 6.54 Å². The van der Waals surface area contributed by atoms with Crippen molar-refractivity contribution in [1.82, 2.24) is 10.3 Å². The highest BCUT2D eigenvalue weighted by Gasteiger charge is 2.14. The quantitative estimate of drug-likeness (QED) is 0.797. The number of benzene rings is 1. The lowest BCUT2D eigenvalue weighted by atomic mass is 10.0. The topological polar surface area (TPSA) is 59.1 Å².